The van der Waals surface area contributed by atoms with Gasteiger partial charge < -0.3 is 5.11 Å². The maximum absolute atomic E-state index is 12.5. The number of hydrogen-bond donors (Lipinski definition) is 1. The molecule has 1 N–H and O–H groups in total. The number of aromatic nitrogens is 1. The SMILES string of the molecule is CN(c1ccc(O)cc1)S(=O)(=O)c1cc(Br)cnc1Cl. The molecule has 1 aromatic heterocycles. The number of phenolic OH excluding ortho intramolecular Hbond substituents is 1. The van der Waals surface area contributed by atoms with Crippen molar-refractivity contribution in [1.29, 1.82) is 0 Å². The summed E-state index contributed by atoms with van der Waals surface area (Å²) < 4.78 is 26.6. The second-order valence-electron chi connectivity index (χ2n) is 3.93. The van der Waals surface area contributed by atoms with Crippen LogP contribution < -0.4 is 4.31 Å². The number of rotatable bonds is 3. The Morgan fingerprint density at radius 2 is 1.90 bits per heavy atom. The van der Waals surface area contributed by atoms with Crippen LogP contribution in [0.3, 0.4) is 0 Å². The van der Waals surface area contributed by atoms with Crippen LogP contribution in [0.4, 0.5) is 5.69 Å². The third-order valence-corrected chi connectivity index (χ3v) is 5.27. The van der Waals surface area contributed by atoms with Gasteiger partial charge in [-0.25, -0.2) is 13.4 Å². The molecule has 0 fully saturated rings. The van der Waals surface area contributed by atoms with E-state index in [0.29, 0.717) is 10.2 Å². The molecule has 106 valence electrons. The summed E-state index contributed by atoms with van der Waals surface area (Å²) >= 11 is 9.03. The Labute approximate surface area is 130 Å². The molecule has 1 aromatic carbocycles. The molecule has 0 bridgehead atoms. The highest BCUT2D eigenvalue weighted by Gasteiger charge is 2.25. The second kappa shape index (κ2) is 5.59. The zero-order valence-corrected chi connectivity index (χ0v) is 13.4. The summed E-state index contributed by atoms with van der Waals surface area (Å²) in [4.78, 5) is 3.71. The first-order valence-corrected chi connectivity index (χ1v) is 8.02. The summed E-state index contributed by atoms with van der Waals surface area (Å²) in [7, 11) is -2.43. The van der Waals surface area contributed by atoms with Crippen LogP contribution in [0.25, 0.3) is 0 Å². The number of halogens is 2. The molecule has 0 amide bonds. The van der Waals surface area contributed by atoms with Gasteiger partial charge in [0.05, 0.1) is 5.69 Å². The summed E-state index contributed by atoms with van der Waals surface area (Å²) in [6.45, 7) is 0. The summed E-state index contributed by atoms with van der Waals surface area (Å²) in [6, 6.07) is 7.18. The summed E-state index contributed by atoms with van der Waals surface area (Å²) in [5.74, 6) is 0.0571. The van der Waals surface area contributed by atoms with Gasteiger partial charge in [-0.05, 0) is 46.3 Å². The molecule has 2 rings (SSSR count). The lowest BCUT2D eigenvalue weighted by molar-refractivity contribution is 0.475. The fourth-order valence-corrected chi connectivity index (χ4v) is 3.65. The molecule has 8 heteroatoms. The fourth-order valence-electron chi connectivity index (χ4n) is 1.53. The smallest absolute Gasteiger partial charge is 0.267 e. The monoisotopic (exact) mass is 376 g/mol. The van der Waals surface area contributed by atoms with Crippen molar-refractivity contribution < 1.29 is 13.5 Å². The first-order valence-electron chi connectivity index (χ1n) is 5.41. The first kappa shape index (κ1) is 15.1. The van der Waals surface area contributed by atoms with Gasteiger partial charge in [0.2, 0.25) is 0 Å². The predicted octanol–water partition coefficient (Wildman–Crippen LogP) is 3.03. The Bertz CT molecular complexity index is 735. The number of phenols is 1. The van der Waals surface area contributed by atoms with Crippen molar-refractivity contribution in [1.82, 2.24) is 4.98 Å². The highest BCUT2D eigenvalue weighted by Crippen LogP contribution is 2.28. The number of anilines is 1. The minimum Gasteiger partial charge on any atom is -0.508 e. The van der Waals surface area contributed by atoms with Crippen molar-refractivity contribution in [2.45, 2.75) is 4.90 Å². The number of sulfonamides is 1. The summed E-state index contributed by atoms with van der Waals surface area (Å²) in [6.07, 6.45) is 1.42. The minimum absolute atomic E-state index is 0.0571. The predicted molar refractivity (Wildman–Crippen MR) is 80.6 cm³/mol. The van der Waals surface area contributed by atoms with Crippen molar-refractivity contribution >= 4 is 43.2 Å². The molecule has 0 aliphatic carbocycles. The van der Waals surface area contributed by atoms with E-state index in [2.05, 4.69) is 20.9 Å². The standard InChI is InChI=1S/C12H10BrClN2O3S/c1-16(9-2-4-10(17)5-3-9)20(18,19)11-6-8(13)7-15-12(11)14/h2-7,17H,1H3. The van der Waals surface area contributed by atoms with Gasteiger partial charge in [0.25, 0.3) is 10.0 Å². The highest BCUT2D eigenvalue weighted by atomic mass is 79.9. The van der Waals surface area contributed by atoms with E-state index >= 15 is 0 Å². The average molecular weight is 378 g/mol. The van der Waals surface area contributed by atoms with Gasteiger partial charge in [0.15, 0.2) is 0 Å². The topological polar surface area (TPSA) is 70.5 Å². The number of aromatic hydroxyl groups is 1. The van der Waals surface area contributed by atoms with Gasteiger partial charge in [0.1, 0.15) is 15.8 Å². The minimum atomic E-state index is -3.83. The molecule has 0 unspecified atom stereocenters. The molecular weight excluding hydrogens is 368 g/mol. The Hall–Kier alpha value is -1.31. The molecular formula is C12H10BrClN2O3S. The maximum atomic E-state index is 12.5. The van der Waals surface area contributed by atoms with E-state index in [9.17, 15) is 13.5 Å². The van der Waals surface area contributed by atoms with Gasteiger partial charge in [-0.3, -0.25) is 4.31 Å². The van der Waals surface area contributed by atoms with Crippen molar-refractivity contribution in [3.8, 4) is 5.75 Å². The Balaban J connectivity index is 2.49. The largest absolute Gasteiger partial charge is 0.508 e. The molecule has 0 radical (unpaired) electrons. The van der Waals surface area contributed by atoms with Gasteiger partial charge >= 0.3 is 0 Å². The maximum Gasteiger partial charge on any atom is 0.267 e. The lowest BCUT2D eigenvalue weighted by Crippen LogP contribution is -2.27. The Morgan fingerprint density at radius 1 is 1.30 bits per heavy atom. The molecule has 0 aliphatic heterocycles. The molecule has 2 aromatic rings. The quantitative estimate of drug-likeness (QED) is 0.835. The Kier molecular flexibility index (Phi) is 4.22. The molecule has 0 atom stereocenters. The van der Waals surface area contributed by atoms with E-state index in [-0.39, 0.29) is 15.8 Å². The lowest BCUT2D eigenvalue weighted by Gasteiger charge is -2.20. The van der Waals surface area contributed by atoms with Crippen LogP contribution in [0.1, 0.15) is 0 Å². The third kappa shape index (κ3) is 2.89. The zero-order valence-electron chi connectivity index (χ0n) is 10.3. The molecule has 0 saturated heterocycles. The Morgan fingerprint density at radius 3 is 2.50 bits per heavy atom. The van der Waals surface area contributed by atoms with Crippen molar-refractivity contribution in [3.05, 3.63) is 46.2 Å². The normalized spacial score (nSPS) is 11.3. The van der Waals surface area contributed by atoms with Gasteiger partial charge in [-0.15, -0.1) is 0 Å². The van der Waals surface area contributed by atoms with Gasteiger partial charge in [0, 0.05) is 17.7 Å². The van der Waals surface area contributed by atoms with Gasteiger partial charge in [-0.2, -0.15) is 0 Å². The van der Waals surface area contributed by atoms with Crippen LogP contribution in [0.5, 0.6) is 5.75 Å². The fraction of sp³-hybridized carbons (Fsp3) is 0.0833. The molecule has 20 heavy (non-hydrogen) atoms. The first-order chi connectivity index (χ1) is 9.32. The molecule has 0 aliphatic rings. The van der Waals surface area contributed by atoms with Crippen LogP contribution in [0, 0.1) is 0 Å². The van der Waals surface area contributed by atoms with E-state index in [1.54, 1.807) is 0 Å². The molecule has 0 spiro atoms. The number of nitrogens with zero attached hydrogens (tertiary/aromatic N) is 2. The van der Waals surface area contributed by atoms with Crippen LogP contribution in [0.15, 0.2) is 45.9 Å². The second-order valence-corrected chi connectivity index (χ2v) is 7.14. The van der Waals surface area contributed by atoms with Gasteiger partial charge in [-0.1, -0.05) is 11.6 Å². The van der Waals surface area contributed by atoms with Crippen molar-refractivity contribution in [2.75, 3.05) is 11.4 Å². The van der Waals surface area contributed by atoms with E-state index in [1.165, 1.54) is 43.6 Å². The number of benzene rings is 1. The zero-order chi connectivity index (χ0) is 14.9. The van der Waals surface area contributed by atoms with Crippen LogP contribution >= 0.6 is 27.5 Å². The highest BCUT2D eigenvalue weighted by molar-refractivity contribution is 9.10. The van der Waals surface area contributed by atoms with Crippen LogP contribution in [-0.4, -0.2) is 25.6 Å². The summed E-state index contributed by atoms with van der Waals surface area (Å²) in [5.41, 5.74) is 0.402. The third-order valence-electron chi connectivity index (χ3n) is 2.63. The van der Waals surface area contributed by atoms with Crippen LogP contribution in [-0.2, 0) is 10.0 Å². The van der Waals surface area contributed by atoms with Crippen LogP contribution in [0.2, 0.25) is 5.15 Å². The molecule has 0 saturated carbocycles. The van der Waals surface area contributed by atoms with E-state index < -0.39 is 10.0 Å². The lowest BCUT2D eigenvalue weighted by atomic mass is 10.3. The molecule has 5 nitrogen and oxygen atoms in total. The number of pyridine rings is 1. The van der Waals surface area contributed by atoms with Crippen molar-refractivity contribution in [3.63, 3.8) is 0 Å². The summed E-state index contributed by atoms with van der Waals surface area (Å²) in [5, 5.41) is 9.14. The molecule has 1 heterocycles. The van der Waals surface area contributed by atoms with E-state index in [4.69, 9.17) is 11.6 Å². The van der Waals surface area contributed by atoms with Crippen molar-refractivity contribution in [2.24, 2.45) is 0 Å². The van der Waals surface area contributed by atoms with E-state index in [1.807, 2.05) is 0 Å². The average Bonchev–Trinajstić information content (AvgIpc) is 2.41. The number of hydrogen-bond acceptors (Lipinski definition) is 4. The van der Waals surface area contributed by atoms with E-state index in [0.717, 1.165) is 4.31 Å².